The molecule has 0 unspecified atom stereocenters. The Morgan fingerprint density at radius 1 is 1.06 bits per heavy atom. The number of halogens is 1. The fourth-order valence-electron chi connectivity index (χ4n) is 1.63. The summed E-state index contributed by atoms with van der Waals surface area (Å²) in [6, 6.07) is 11.9. The second kappa shape index (κ2) is 4.68. The zero-order valence-electron chi connectivity index (χ0n) is 9.92. The van der Waals surface area contributed by atoms with E-state index in [-0.39, 0.29) is 0 Å². The zero-order valence-corrected chi connectivity index (χ0v) is 10.7. The number of benzene rings is 2. The first-order chi connectivity index (χ1) is 8.06. The predicted molar refractivity (Wildman–Crippen MR) is 75.1 cm³/mol. The average Bonchev–Trinajstić information content (AvgIpc) is 2.29. The van der Waals surface area contributed by atoms with Gasteiger partial charge in [0.25, 0.3) is 0 Å². The fraction of sp³-hybridized carbons (Fsp3) is 0.143. The van der Waals surface area contributed by atoms with Crippen LogP contribution in [0.25, 0.3) is 0 Å². The van der Waals surface area contributed by atoms with Gasteiger partial charge in [-0.2, -0.15) is 0 Å². The van der Waals surface area contributed by atoms with E-state index in [9.17, 15) is 0 Å². The number of nitrogen functional groups attached to an aromatic ring is 1. The third-order valence-corrected chi connectivity index (χ3v) is 3.00. The van der Waals surface area contributed by atoms with Gasteiger partial charge in [0.15, 0.2) is 0 Å². The molecule has 0 atom stereocenters. The lowest BCUT2D eigenvalue weighted by atomic mass is 10.1. The number of nitrogens with one attached hydrogen (secondary N) is 1. The van der Waals surface area contributed by atoms with Gasteiger partial charge in [-0.05, 0) is 43.7 Å². The Kier molecular flexibility index (Phi) is 3.25. The van der Waals surface area contributed by atoms with E-state index in [1.54, 1.807) is 0 Å². The fourth-order valence-corrected chi connectivity index (χ4v) is 1.79. The number of hydrogen-bond acceptors (Lipinski definition) is 2. The predicted octanol–water partition coefficient (Wildman–Crippen LogP) is 4.28. The van der Waals surface area contributed by atoms with Gasteiger partial charge in [0, 0.05) is 11.4 Å². The molecule has 0 aliphatic heterocycles. The Labute approximate surface area is 106 Å². The van der Waals surface area contributed by atoms with E-state index in [0.717, 1.165) is 16.9 Å². The van der Waals surface area contributed by atoms with Gasteiger partial charge in [0.2, 0.25) is 0 Å². The van der Waals surface area contributed by atoms with Gasteiger partial charge in [-0.15, -0.1) is 0 Å². The summed E-state index contributed by atoms with van der Waals surface area (Å²) in [6.45, 7) is 4.07. The van der Waals surface area contributed by atoms with Crippen LogP contribution >= 0.6 is 11.6 Å². The molecule has 0 saturated heterocycles. The summed E-state index contributed by atoms with van der Waals surface area (Å²) < 4.78 is 0. The van der Waals surface area contributed by atoms with Crippen molar-refractivity contribution in [3.8, 4) is 0 Å². The lowest BCUT2D eigenvalue weighted by Crippen LogP contribution is -1.95. The molecule has 0 aliphatic rings. The van der Waals surface area contributed by atoms with Crippen LogP contribution in [-0.2, 0) is 0 Å². The van der Waals surface area contributed by atoms with Crippen LogP contribution in [0.1, 0.15) is 11.1 Å². The van der Waals surface area contributed by atoms with Crippen molar-refractivity contribution in [1.82, 2.24) is 0 Å². The van der Waals surface area contributed by atoms with Crippen LogP contribution in [0.2, 0.25) is 5.02 Å². The van der Waals surface area contributed by atoms with E-state index < -0.39 is 0 Å². The molecule has 17 heavy (non-hydrogen) atoms. The number of aryl methyl sites for hydroxylation is 2. The summed E-state index contributed by atoms with van der Waals surface area (Å²) in [6.07, 6.45) is 0. The molecular weight excluding hydrogens is 232 g/mol. The van der Waals surface area contributed by atoms with E-state index in [1.165, 1.54) is 5.56 Å². The molecule has 2 rings (SSSR count). The first-order valence-electron chi connectivity index (χ1n) is 5.45. The topological polar surface area (TPSA) is 38.0 Å². The molecule has 0 bridgehead atoms. The van der Waals surface area contributed by atoms with Gasteiger partial charge in [-0.3, -0.25) is 0 Å². The van der Waals surface area contributed by atoms with Crippen molar-refractivity contribution in [2.75, 3.05) is 11.1 Å². The highest BCUT2D eigenvalue weighted by Crippen LogP contribution is 2.28. The standard InChI is InChI=1S/C14H15ClN2/c1-9-3-5-11(6-4-9)17-14-8-12(15)13(16)7-10(14)2/h3-8,17H,16H2,1-2H3. The van der Waals surface area contributed by atoms with Crippen LogP contribution in [-0.4, -0.2) is 0 Å². The summed E-state index contributed by atoms with van der Waals surface area (Å²) in [5, 5.41) is 3.90. The molecule has 3 N–H and O–H groups in total. The minimum atomic E-state index is 0.574. The largest absolute Gasteiger partial charge is 0.398 e. The van der Waals surface area contributed by atoms with Crippen molar-refractivity contribution >= 4 is 28.7 Å². The van der Waals surface area contributed by atoms with Crippen LogP contribution < -0.4 is 11.1 Å². The Hall–Kier alpha value is -1.67. The van der Waals surface area contributed by atoms with E-state index in [1.807, 2.05) is 31.2 Å². The molecule has 0 fully saturated rings. The van der Waals surface area contributed by atoms with Gasteiger partial charge in [-0.1, -0.05) is 29.3 Å². The lowest BCUT2D eigenvalue weighted by Gasteiger charge is -2.11. The molecule has 0 amide bonds. The van der Waals surface area contributed by atoms with E-state index >= 15 is 0 Å². The highest BCUT2D eigenvalue weighted by atomic mass is 35.5. The van der Waals surface area contributed by atoms with Crippen molar-refractivity contribution in [1.29, 1.82) is 0 Å². The Bertz CT molecular complexity index is 533. The maximum absolute atomic E-state index is 6.01. The number of hydrogen-bond donors (Lipinski definition) is 2. The Balaban J connectivity index is 2.30. The molecule has 2 aromatic carbocycles. The van der Waals surface area contributed by atoms with E-state index in [4.69, 9.17) is 17.3 Å². The minimum Gasteiger partial charge on any atom is -0.398 e. The smallest absolute Gasteiger partial charge is 0.0656 e. The van der Waals surface area contributed by atoms with Crippen LogP contribution in [0.15, 0.2) is 36.4 Å². The Morgan fingerprint density at radius 2 is 1.71 bits per heavy atom. The number of rotatable bonds is 2. The second-order valence-electron chi connectivity index (χ2n) is 4.18. The monoisotopic (exact) mass is 246 g/mol. The van der Waals surface area contributed by atoms with Crippen LogP contribution in [0.3, 0.4) is 0 Å². The van der Waals surface area contributed by atoms with Crippen LogP contribution in [0.4, 0.5) is 17.1 Å². The molecular formula is C14H15ClN2. The molecule has 0 heterocycles. The average molecular weight is 247 g/mol. The van der Waals surface area contributed by atoms with Gasteiger partial charge in [0.1, 0.15) is 0 Å². The summed E-state index contributed by atoms with van der Waals surface area (Å²) in [5.74, 6) is 0. The maximum Gasteiger partial charge on any atom is 0.0656 e. The zero-order chi connectivity index (χ0) is 12.4. The second-order valence-corrected chi connectivity index (χ2v) is 4.59. The molecule has 0 spiro atoms. The van der Waals surface area contributed by atoms with Gasteiger partial charge in [0.05, 0.1) is 10.7 Å². The Morgan fingerprint density at radius 3 is 2.35 bits per heavy atom. The van der Waals surface area contributed by atoms with Crippen molar-refractivity contribution in [2.24, 2.45) is 0 Å². The molecule has 3 heteroatoms. The summed E-state index contributed by atoms with van der Waals surface area (Å²) in [7, 11) is 0. The SMILES string of the molecule is Cc1ccc(Nc2cc(Cl)c(N)cc2C)cc1. The molecule has 0 saturated carbocycles. The highest BCUT2D eigenvalue weighted by Gasteiger charge is 2.03. The first kappa shape index (κ1) is 11.8. The highest BCUT2D eigenvalue weighted by molar-refractivity contribution is 6.33. The van der Waals surface area contributed by atoms with E-state index in [0.29, 0.717) is 10.7 Å². The number of anilines is 3. The molecule has 0 aliphatic carbocycles. The quantitative estimate of drug-likeness (QED) is 0.776. The molecule has 0 aromatic heterocycles. The van der Waals surface area contributed by atoms with Crippen molar-refractivity contribution in [3.63, 3.8) is 0 Å². The lowest BCUT2D eigenvalue weighted by molar-refractivity contribution is 1.41. The van der Waals surface area contributed by atoms with Crippen molar-refractivity contribution in [2.45, 2.75) is 13.8 Å². The van der Waals surface area contributed by atoms with Crippen molar-refractivity contribution in [3.05, 3.63) is 52.5 Å². The van der Waals surface area contributed by atoms with E-state index in [2.05, 4.69) is 24.4 Å². The minimum absolute atomic E-state index is 0.574. The maximum atomic E-state index is 6.01. The molecule has 2 nitrogen and oxygen atoms in total. The first-order valence-corrected chi connectivity index (χ1v) is 5.83. The van der Waals surface area contributed by atoms with Crippen LogP contribution in [0.5, 0.6) is 0 Å². The molecule has 0 radical (unpaired) electrons. The van der Waals surface area contributed by atoms with Crippen LogP contribution in [0, 0.1) is 13.8 Å². The molecule has 88 valence electrons. The third kappa shape index (κ3) is 2.71. The van der Waals surface area contributed by atoms with Gasteiger partial charge < -0.3 is 11.1 Å². The third-order valence-electron chi connectivity index (χ3n) is 2.67. The van der Waals surface area contributed by atoms with Gasteiger partial charge >= 0.3 is 0 Å². The molecule has 2 aromatic rings. The number of nitrogens with two attached hydrogens (primary N) is 1. The summed E-state index contributed by atoms with van der Waals surface area (Å²) >= 11 is 6.01. The summed E-state index contributed by atoms with van der Waals surface area (Å²) in [5.41, 5.74) is 10.7. The summed E-state index contributed by atoms with van der Waals surface area (Å²) in [4.78, 5) is 0. The van der Waals surface area contributed by atoms with Crippen molar-refractivity contribution < 1.29 is 0 Å². The van der Waals surface area contributed by atoms with Gasteiger partial charge in [-0.25, -0.2) is 0 Å². The normalized spacial score (nSPS) is 10.3.